The largest absolute Gasteiger partial charge is 0.496 e. The van der Waals surface area contributed by atoms with Crippen LogP contribution in [0.25, 0.3) is 0 Å². The monoisotopic (exact) mass is 378 g/mol. The van der Waals surface area contributed by atoms with E-state index in [1.807, 2.05) is 6.92 Å². The molecule has 0 amide bonds. The van der Waals surface area contributed by atoms with E-state index in [4.69, 9.17) is 4.74 Å². The zero-order valence-corrected chi connectivity index (χ0v) is 15.8. The zero-order valence-electron chi connectivity index (χ0n) is 15.0. The van der Waals surface area contributed by atoms with E-state index in [-0.39, 0.29) is 5.82 Å². The number of sulfonamides is 1. The fourth-order valence-corrected chi connectivity index (χ4v) is 4.64. The highest BCUT2D eigenvalue weighted by Gasteiger charge is 2.28. The molecule has 0 unspecified atom stereocenters. The molecule has 7 heteroatoms. The molecule has 2 aromatic rings. The molecular formula is C19H23FN2O3S. The Bertz CT molecular complexity index is 861. The highest BCUT2D eigenvalue weighted by Crippen LogP contribution is 2.24. The third kappa shape index (κ3) is 4.06. The molecule has 0 N–H and O–H groups in total. The van der Waals surface area contributed by atoms with Crippen molar-refractivity contribution < 1.29 is 17.5 Å². The molecule has 0 aliphatic carbocycles. The minimum atomic E-state index is -3.51. The van der Waals surface area contributed by atoms with Crippen molar-refractivity contribution in [3.05, 3.63) is 59.4 Å². The fourth-order valence-electron chi connectivity index (χ4n) is 3.14. The van der Waals surface area contributed by atoms with Crippen molar-refractivity contribution in [1.82, 2.24) is 9.21 Å². The molecule has 0 spiro atoms. The molecule has 140 valence electrons. The van der Waals surface area contributed by atoms with E-state index < -0.39 is 10.0 Å². The van der Waals surface area contributed by atoms with E-state index in [0.29, 0.717) is 43.4 Å². The molecule has 1 heterocycles. The number of piperazine rings is 1. The van der Waals surface area contributed by atoms with E-state index >= 15 is 0 Å². The Balaban J connectivity index is 1.65. The molecule has 0 aromatic heterocycles. The Hall–Kier alpha value is -1.96. The first-order valence-corrected chi connectivity index (χ1v) is 9.96. The average molecular weight is 378 g/mol. The number of halogens is 1. The van der Waals surface area contributed by atoms with Crippen molar-refractivity contribution in [2.45, 2.75) is 18.4 Å². The molecule has 0 saturated carbocycles. The normalized spacial score (nSPS) is 16.6. The molecule has 1 saturated heterocycles. The summed E-state index contributed by atoms with van der Waals surface area (Å²) in [5.74, 6) is 0.424. The number of ether oxygens (including phenoxy) is 1. The Kier molecular flexibility index (Phi) is 5.60. The van der Waals surface area contributed by atoms with Gasteiger partial charge in [-0.1, -0.05) is 12.1 Å². The third-order valence-electron chi connectivity index (χ3n) is 4.65. The van der Waals surface area contributed by atoms with Gasteiger partial charge in [-0.2, -0.15) is 4.31 Å². The average Bonchev–Trinajstić information content (AvgIpc) is 2.64. The van der Waals surface area contributed by atoms with E-state index in [0.717, 1.165) is 11.1 Å². The second-order valence-corrected chi connectivity index (χ2v) is 8.38. The molecule has 1 fully saturated rings. The second-order valence-electron chi connectivity index (χ2n) is 6.44. The minimum Gasteiger partial charge on any atom is -0.496 e. The molecule has 26 heavy (non-hydrogen) atoms. The highest BCUT2D eigenvalue weighted by molar-refractivity contribution is 7.89. The van der Waals surface area contributed by atoms with Gasteiger partial charge in [-0.05, 0) is 48.4 Å². The summed E-state index contributed by atoms with van der Waals surface area (Å²) in [6.07, 6.45) is 0. The maximum absolute atomic E-state index is 13.0. The van der Waals surface area contributed by atoms with Gasteiger partial charge in [-0.3, -0.25) is 4.90 Å². The van der Waals surface area contributed by atoms with Crippen LogP contribution in [0.15, 0.2) is 47.4 Å². The van der Waals surface area contributed by atoms with Crippen LogP contribution in [-0.4, -0.2) is 50.9 Å². The highest BCUT2D eigenvalue weighted by atomic mass is 32.2. The van der Waals surface area contributed by atoms with E-state index in [1.165, 1.54) is 16.4 Å². The standard InChI is InChI=1S/C19H23FN2O3S/c1-15-13-18(7-8-19(15)25-2)26(23,24)22-11-9-21(10-12-22)14-16-3-5-17(20)6-4-16/h3-8,13H,9-12,14H2,1-2H3. The van der Waals surface area contributed by atoms with Gasteiger partial charge in [-0.25, -0.2) is 12.8 Å². The lowest BCUT2D eigenvalue weighted by molar-refractivity contribution is 0.181. The first kappa shape index (κ1) is 18.8. The van der Waals surface area contributed by atoms with Crippen LogP contribution in [0.5, 0.6) is 5.75 Å². The van der Waals surface area contributed by atoms with Crippen LogP contribution >= 0.6 is 0 Å². The quantitative estimate of drug-likeness (QED) is 0.803. The second kappa shape index (κ2) is 7.73. The van der Waals surface area contributed by atoms with Crippen LogP contribution in [0.1, 0.15) is 11.1 Å². The van der Waals surface area contributed by atoms with Crippen LogP contribution in [-0.2, 0) is 16.6 Å². The van der Waals surface area contributed by atoms with Gasteiger partial charge in [0.2, 0.25) is 10.0 Å². The number of methoxy groups -OCH3 is 1. The third-order valence-corrected chi connectivity index (χ3v) is 6.55. The number of aryl methyl sites for hydroxylation is 1. The minimum absolute atomic E-state index is 0.251. The molecule has 1 aliphatic heterocycles. The van der Waals surface area contributed by atoms with Crippen molar-refractivity contribution >= 4 is 10.0 Å². The summed E-state index contributed by atoms with van der Waals surface area (Å²) in [5, 5.41) is 0. The zero-order chi connectivity index (χ0) is 18.7. The molecule has 0 atom stereocenters. The summed E-state index contributed by atoms with van der Waals surface area (Å²) in [6.45, 7) is 4.69. The van der Waals surface area contributed by atoms with E-state index in [2.05, 4.69) is 4.90 Å². The Morgan fingerprint density at radius 1 is 1.04 bits per heavy atom. The molecule has 3 rings (SSSR count). The summed E-state index contributed by atoms with van der Waals surface area (Å²) in [6, 6.07) is 11.3. The molecule has 0 radical (unpaired) electrons. The Morgan fingerprint density at radius 2 is 1.69 bits per heavy atom. The number of nitrogens with zero attached hydrogens (tertiary/aromatic N) is 2. The molecule has 1 aliphatic rings. The van der Waals surface area contributed by atoms with Crippen molar-refractivity contribution in [2.75, 3.05) is 33.3 Å². The summed E-state index contributed by atoms with van der Waals surface area (Å²) >= 11 is 0. The lowest BCUT2D eigenvalue weighted by Gasteiger charge is -2.34. The van der Waals surface area contributed by atoms with Crippen molar-refractivity contribution in [3.8, 4) is 5.75 Å². The van der Waals surface area contributed by atoms with Crippen LogP contribution in [0, 0.1) is 12.7 Å². The molecule has 5 nitrogen and oxygen atoms in total. The van der Waals surface area contributed by atoms with Crippen LogP contribution in [0.2, 0.25) is 0 Å². The van der Waals surface area contributed by atoms with Crippen LogP contribution < -0.4 is 4.74 Å². The van der Waals surface area contributed by atoms with E-state index in [1.54, 1.807) is 37.4 Å². The van der Waals surface area contributed by atoms with Crippen molar-refractivity contribution in [3.63, 3.8) is 0 Å². The van der Waals surface area contributed by atoms with Gasteiger partial charge in [0.25, 0.3) is 0 Å². The maximum Gasteiger partial charge on any atom is 0.243 e. The number of hydrogen-bond acceptors (Lipinski definition) is 4. The van der Waals surface area contributed by atoms with Gasteiger partial charge < -0.3 is 4.74 Å². The lowest BCUT2D eigenvalue weighted by Crippen LogP contribution is -2.48. The number of hydrogen-bond donors (Lipinski definition) is 0. The lowest BCUT2D eigenvalue weighted by atomic mass is 10.2. The Labute approximate surface area is 154 Å². The van der Waals surface area contributed by atoms with Crippen molar-refractivity contribution in [2.24, 2.45) is 0 Å². The molecule has 0 bridgehead atoms. The number of rotatable bonds is 5. The van der Waals surface area contributed by atoms with Crippen LogP contribution in [0.4, 0.5) is 4.39 Å². The van der Waals surface area contributed by atoms with Gasteiger partial charge in [0.15, 0.2) is 0 Å². The SMILES string of the molecule is COc1ccc(S(=O)(=O)N2CCN(Cc3ccc(F)cc3)CC2)cc1C. The first-order chi connectivity index (χ1) is 12.4. The topological polar surface area (TPSA) is 49.9 Å². The summed E-state index contributed by atoms with van der Waals surface area (Å²) in [4.78, 5) is 2.47. The Morgan fingerprint density at radius 3 is 2.27 bits per heavy atom. The van der Waals surface area contributed by atoms with Gasteiger partial charge in [0.05, 0.1) is 12.0 Å². The van der Waals surface area contributed by atoms with E-state index in [9.17, 15) is 12.8 Å². The van der Waals surface area contributed by atoms with Gasteiger partial charge in [0, 0.05) is 32.7 Å². The van der Waals surface area contributed by atoms with Gasteiger partial charge >= 0.3 is 0 Å². The summed E-state index contributed by atoms with van der Waals surface area (Å²) in [7, 11) is -1.94. The smallest absolute Gasteiger partial charge is 0.243 e. The molecular weight excluding hydrogens is 355 g/mol. The van der Waals surface area contributed by atoms with Gasteiger partial charge in [0.1, 0.15) is 11.6 Å². The first-order valence-electron chi connectivity index (χ1n) is 8.52. The maximum atomic E-state index is 13.0. The summed E-state index contributed by atoms with van der Waals surface area (Å²) in [5.41, 5.74) is 1.82. The van der Waals surface area contributed by atoms with Gasteiger partial charge in [-0.15, -0.1) is 0 Å². The van der Waals surface area contributed by atoms with Crippen LogP contribution in [0.3, 0.4) is 0 Å². The molecule has 2 aromatic carbocycles. The predicted molar refractivity (Wildman–Crippen MR) is 98.2 cm³/mol. The number of benzene rings is 2. The predicted octanol–water partition coefficient (Wildman–Crippen LogP) is 2.65. The summed E-state index contributed by atoms with van der Waals surface area (Å²) < 4.78 is 45.4. The van der Waals surface area contributed by atoms with Crippen molar-refractivity contribution in [1.29, 1.82) is 0 Å². The fraction of sp³-hybridized carbons (Fsp3) is 0.368.